The first-order valence-electron chi connectivity index (χ1n) is 6.94. The lowest BCUT2D eigenvalue weighted by molar-refractivity contribution is -0.0725. The zero-order chi connectivity index (χ0) is 12.4. The molecule has 3 nitrogen and oxygen atoms in total. The largest absolute Gasteiger partial charge is 0.371 e. The van der Waals surface area contributed by atoms with Gasteiger partial charge in [-0.25, -0.2) is 0 Å². The maximum Gasteiger partial charge on any atom is 0.0981 e. The van der Waals surface area contributed by atoms with E-state index in [1.165, 1.54) is 24.1 Å². The van der Waals surface area contributed by atoms with Gasteiger partial charge in [-0.3, -0.25) is 0 Å². The highest BCUT2D eigenvalue weighted by molar-refractivity contribution is 5.49. The lowest BCUT2D eigenvalue weighted by Crippen LogP contribution is -2.58. The summed E-state index contributed by atoms with van der Waals surface area (Å²) >= 11 is 0. The minimum absolute atomic E-state index is 0.0419. The van der Waals surface area contributed by atoms with Crippen molar-refractivity contribution in [3.63, 3.8) is 0 Å². The third-order valence-corrected chi connectivity index (χ3v) is 4.04. The number of morpholine rings is 1. The van der Waals surface area contributed by atoms with Crippen LogP contribution in [0.2, 0.25) is 0 Å². The van der Waals surface area contributed by atoms with Crippen LogP contribution in [-0.4, -0.2) is 38.4 Å². The van der Waals surface area contributed by atoms with E-state index in [-0.39, 0.29) is 5.60 Å². The molecule has 98 valence electrons. The normalized spacial score (nSPS) is 28.6. The van der Waals surface area contributed by atoms with Gasteiger partial charge in [0, 0.05) is 31.9 Å². The van der Waals surface area contributed by atoms with Gasteiger partial charge in [0.1, 0.15) is 0 Å². The fraction of sp³-hybridized carbons (Fsp3) is 0.600. The molecule has 2 aliphatic heterocycles. The molecule has 0 bridgehead atoms. The molecule has 0 amide bonds. The molecule has 2 fully saturated rings. The SMILES string of the molecule is Cc1cccc(N2CCC[C@]3(CNCCO3)C2)c1. The molecule has 1 N–H and O–H groups in total. The van der Waals surface area contributed by atoms with Crippen molar-refractivity contribution in [2.75, 3.05) is 37.7 Å². The highest BCUT2D eigenvalue weighted by atomic mass is 16.5. The first kappa shape index (κ1) is 12.0. The Kier molecular flexibility index (Phi) is 3.27. The monoisotopic (exact) mass is 246 g/mol. The number of nitrogens with zero attached hydrogens (tertiary/aromatic N) is 1. The number of hydrogen-bond acceptors (Lipinski definition) is 3. The van der Waals surface area contributed by atoms with Crippen molar-refractivity contribution in [1.82, 2.24) is 5.32 Å². The summed E-state index contributed by atoms with van der Waals surface area (Å²) in [5.41, 5.74) is 2.71. The van der Waals surface area contributed by atoms with Gasteiger partial charge < -0.3 is 15.0 Å². The van der Waals surface area contributed by atoms with Crippen LogP contribution in [0.1, 0.15) is 18.4 Å². The van der Waals surface area contributed by atoms with E-state index in [0.29, 0.717) is 0 Å². The van der Waals surface area contributed by atoms with Crippen molar-refractivity contribution in [3.05, 3.63) is 29.8 Å². The average Bonchev–Trinajstić information content (AvgIpc) is 2.40. The number of rotatable bonds is 1. The Bertz CT molecular complexity index is 407. The maximum atomic E-state index is 6.08. The summed E-state index contributed by atoms with van der Waals surface area (Å²) in [6, 6.07) is 8.78. The highest BCUT2D eigenvalue weighted by Gasteiger charge is 2.37. The number of anilines is 1. The Morgan fingerprint density at radius 3 is 3.11 bits per heavy atom. The number of piperidine rings is 1. The van der Waals surface area contributed by atoms with Crippen LogP contribution in [0.15, 0.2) is 24.3 Å². The van der Waals surface area contributed by atoms with Crippen LogP contribution >= 0.6 is 0 Å². The topological polar surface area (TPSA) is 24.5 Å². The van der Waals surface area contributed by atoms with E-state index in [2.05, 4.69) is 41.4 Å². The summed E-state index contributed by atoms with van der Waals surface area (Å²) in [4.78, 5) is 2.48. The molecule has 2 saturated heterocycles. The van der Waals surface area contributed by atoms with E-state index in [4.69, 9.17) is 4.74 Å². The number of nitrogens with one attached hydrogen (secondary N) is 1. The van der Waals surface area contributed by atoms with E-state index in [9.17, 15) is 0 Å². The fourth-order valence-corrected chi connectivity index (χ4v) is 3.11. The van der Waals surface area contributed by atoms with Crippen molar-refractivity contribution >= 4 is 5.69 Å². The molecule has 1 aromatic rings. The summed E-state index contributed by atoms with van der Waals surface area (Å²) in [6.07, 6.45) is 2.40. The van der Waals surface area contributed by atoms with E-state index >= 15 is 0 Å². The number of aryl methyl sites for hydroxylation is 1. The minimum Gasteiger partial charge on any atom is -0.371 e. The molecular weight excluding hydrogens is 224 g/mol. The highest BCUT2D eigenvalue weighted by Crippen LogP contribution is 2.29. The van der Waals surface area contributed by atoms with E-state index in [1.807, 2.05) is 0 Å². The molecule has 3 heteroatoms. The molecule has 0 unspecified atom stereocenters. The molecule has 3 rings (SSSR count). The molecule has 0 aromatic heterocycles. The van der Waals surface area contributed by atoms with Gasteiger partial charge in [-0.15, -0.1) is 0 Å². The molecule has 1 atom stereocenters. The molecule has 2 aliphatic rings. The summed E-state index contributed by atoms with van der Waals surface area (Å²) in [7, 11) is 0. The molecule has 0 aliphatic carbocycles. The Balaban J connectivity index is 1.77. The van der Waals surface area contributed by atoms with Crippen molar-refractivity contribution in [2.45, 2.75) is 25.4 Å². The zero-order valence-corrected chi connectivity index (χ0v) is 11.1. The lowest BCUT2D eigenvalue weighted by Gasteiger charge is -2.45. The van der Waals surface area contributed by atoms with E-state index in [0.717, 1.165) is 32.8 Å². The van der Waals surface area contributed by atoms with Gasteiger partial charge in [-0.2, -0.15) is 0 Å². The number of ether oxygens (including phenoxy) is 1. The van der Waals surface area contributed by atoms with Crippen LogP contribution in [0.3, 0.4) is 0 Å². The van der Waals surface area contributed by atoms with Crippen molar-refractivity contribution in [3.8, 4) is 0 Å². The van der Waals surface area contributed by atoms with Crippen molar-refractivity contribution < 1.29 is 4.74 Å². The molecule has 1 aromatic carbocycles. The second-order valence-corrected chi connectivity index (χ2v) is 5.57. The third-order valence-electron chi connectivity index (χ3n) is 4.04. The first-order chi connectivity index (χ1) is 8.77. The predicted molar refractivity (Wildman–Crippen MR) is 74.2 cm³/mol. The smallest absolute Gasteiger partial charge is 0.0981 e. The summed E-state index contributed by atoms with van der Waals surface area (Å²) < 4.78 is 6.08. The molecule has 0 radical (unpaired) electrons. The standard InChI is InChI=1S/C15H22N2O/c1-13-4-2-5-14(10-13)17-8-3-6-15(12-17)11-16-7-9-18-15/h2,4-5,10,16H,3,6-9,11-12H2,1H3/t15-/m0/s1. The van der Waals surface area contributed by atoms with Gasteiger partial charge in [0.25, 0.3) is 0 Å². The van der Waals surface area contributed by atoms with Gasteiger partial charge >= 0.3 is 0 Å². The number of hydrogen-bond donors (Lipinski definition) is 1. The molecule has 1 spiro atoms. The van der Waals surface area contributed by atoms with Crippen LogP contribution in [0.4, 0.5) is 5.69 Å². The quantitative estimate of drug-likeness (QED) is 0.819. The van der Waals surface area contributed by atoms with Crippen LogP contribution < -0.4 is 10.2 Å². The fourth-order valence-electron chi connectivity index (χ4n) is 3.11. The Morgan fingerprint density at radius 1 is 1.39 bits per heavy atom. The Morgan fingerprint density at radius 2 is 2.33 bits per heavy atom. The molecule has 2 heterocycles. The van der Waals surface area contributed by atoms with Crippen LogP contribution in [0, 0.1) is 6.92 Å². The van der Waals surface area contributed by atoms with Gasteiger partial charge in [-0.1, -0.05) is 12.1 Å². The van der Waals surface area contributed by atoms with Gasteiger partial charge in [0.05, 0.1) is 12.2 Å². The van der Waals surface area contributed by atoms with Gasteiger partial charge in [0.15, 0.2) is 0 Å². The van der Waals surface area contributed by atoms with Crippen LogP contribution in [0.5, 0.6) is 0 Å². The first-order valence-corrected chi connectivity index (χ1v) is 6.94. The third kappa shape index (κ3) is 2.38. The van der Waals surface area contributed by atoms with E-state index in [1.54, 1.807) is 0 Å². The summed E-state index contributed by atoms with van der Waals surface area (Å²) in [6.45, 7) is 7.16. The second-order valence-electron chi connectivity index (χ2n) is 5.57. The Labute approximate surface area is 109 Å². The predicted octanol–water partition coefficient (Wildman–Crippen LogP) is 1.95. The van der Waals surface area contributed by atoms with Gasteiger partial charge in [-0.05, 0) is 37.5 Å². The van der Waals surface area contributed by atoms with Crippen molar-refractivity contribution in [2.24, 2.45) is 0 Å². The Hall–Kier alpha value is -1.06. The lowest BCUT2D eigenvalue weighted by atomic mass is 9.91. The van der Waals surface area contributed by atoms with Crippen LogP contribution in [-0.2, 0) is 4.74 Å². The van der Waals surface area contributed by atoms with Gasteiger partial charge in [0.2, 0.25) is 0 Å². The zero-order valence-electron chi connectivity index (χ0n) is 11.1. The molecule has 0 saturated carbocycles. The molecular formula is C15H22N2O. The summed E-state index contributed by atoms with van der Waals surface area (Å²) in [5, 5.41) is 3.48. The van der Waals surface area contributed by atoms with Crippen molar-refractivity contribution in [1.29, 1.82) is 0 Å². The van der Waals surface area contributed by atoms with Crippen LogP contribution in [0.25, 0.3) is 0 Å². The second kappa shape index (κ2) is 4.90. The maximum absolute atomic E-state index is 6.08. The van der Waals surface area contributed by atoms with E-state index < -0.39 is 0 Å². The minimum atomic E-state index is 0.0419. The average molecular weight is 246 g/mol. The molecule has 18 heavy (non-hydrogen) atoms. The number of benzene rings is 1. The summed E-state index contributed by atoms with van der Waals surface area (Å²) in [5.74, 6) is 0.